The van der Waals surface area contributed by atoms with Crippen molar-refractivity contribution in [1.29, 1.82) is 0 Å². The Morgan fingerprint density at radius 1 is 1.40 bits per heavy atom. The topological polar surface area (TPSA) is 43.1 Å². The maximum Gasteiger partial charge on any atom is 0.0651 e. The fourth-order valence-electron chi connectivity index (χ4n) is 1.99. The molecule has 1 unspecified atom stereocenters. The maximum atomic E-state index is 10.6. The van der Waals surface area contributed by atoms with Gasteiger partial charge in [-0.15, -0.1) is 0 Å². The summed E-state index contributed by atoms with van der Waals surface area (Å²) < 4.78 is 0. The maximum absolute atomic E-state index is 10.6. The van der Waals surface area contributed by atoms with Gasteiger partial charge in [0, 0.05) is 12.6 Å². The van der Waals surface area contributed by atoms with Crippen LogP contribution in [0, 0.1) is 0 Å². The SMILES string of the molecule is C[C@H]1[C@@H](C(=O)[O-])N1CCc1ccccc1. The Kier molecular flexibility index (Phi) is 2.73. The first-order chi connectivity index (χ1) is 7.20. The Morgan fingerprint density at radius 3 is 2.60 bits per heavy atom. The summed E-state index contributed by atoms with van der Waals surface area (Å²) in [7, 11) is 0. The predicted octanol–water partition coefficient (Wildman–Crippen LogP) is 0.0517. The highest BCUT2D eigenvalue weighted by atomic mass is 16.4. The molecule has 0 N–H and O–H groups in total. The molecule has 1 aromatic carbocycles. The minimum Gasteiger partial charge on any atom is -0.548 e. The van der Waals surface area contributed by atoms with Crippen LogP contribution in [0.2, 0.25) is 0 Å². The van der Waals surface area contributed by atoms with E-state index in [1.165, 1.54) is 5.56 Å². The molecular formula is C12H14NO2-. The van der Waals surface area contributed by atoms with Crippen molar-refractivity contribution in [3.63, 3.8) is 0 Å². The number of benzene rings is 1. The van der Waals surface area contributed by atoms with E-state index < -0.39 is 5.97 Å². The number of hydrogen-bond donors (Lipinski definition) is 0. The molecule has 3 atom stereocenters. The number of rotatable bonds is 4. The summed E-state index contributed by atoms with van der Waals surface area (Å²) in [6, 6.07) is 9.86. The number of carboxylic acids is 1. The van der Waals surface area contributed by atoms with E-state index in [-0.39, 0.29) is 12.1 Å². The molecule has 15 heavy (non-hydrogen) atoms. The summed E-state index contributed by atoms with van der Waals surface area (Å²) in [4.78, 5) is 12.6. The van der Waals surface area contributed by atoms with Gasteiger partial charge in [0.25, 0.3) is 0 Å². The van der Waals surface area contributed by atoms with Gasteiger partial charge >= 0.3 is 0 Å². The van der Waals surface area contributed by atoms with Crippen molar-refractivity contribution >= 4 is 5.97 Å². The van der Waals surface area contributed by atoms with E-state index in [4.69, 9.17) is 0 Å². The first-order valence-electron chi connectivity index (χ1n) is 5.20. The fraction of sp³-hybridized carbons (Fsp3) is 0.417. The van der Waals surface area contributed by atoms with Gasteiger partial charge in [-0.1, -0.05) is 30.3 Å². The molecule has 1 fully saturated rings. The van der Waals surface area contributed by atoms with Crippen LogP contribution in [0.3, 0.4) is 0 Å². The van der Waals surface area contributed by atoms with Crippen molar-refractivity contribution in [2.24, 2.45) is 0 Å². The standard InChI is InChI=1S/C12H15NO2/c1-9-11(12(14)15)13(9)8-7-10-5-3-2-4-6-10/h2-6,9,11H,7-8H2,1H3,(H,14,15)/p-1/t9-,11-,13?/m0/s1. The fourth-order valence-corrected chi connectivity index (χ4v) is 1.99. The average molecular weight is 204 g/mol. The van der Waals surface area contributed by atoms with E-state index in [9.17, 15) is 9.90 Å². The van der Waals surface area contributed by atoms with Crippen LogP contribution in [0.5, 0.6) is 0 Å². The van der Waals surface area contributed by atoms with E-state index >= 15 is 0 Å². The van der Waals surface area contributed by atoms with Crippen LogP contribution in [0.4, 0.5) is 0 Å². The smallest absolute Gasteiger partial charge is 0.0651 e. The van der Waals surface area contributed by atoms with Crippen LogP contribution in [0.25, 0.3) is 0 Å². The predicted molar refractivity (Wildman–Crippen MR) is 55.1 cm³/mol. The molecule has 1 aliphatic heterocycles. The third kappa shape index (κ3) is 2.18. The monoisotopic (exact) mass is 204 g/mol. The highest BCUT2D eigenvalue weighted by Gasteiger charge is 2.43. The van der Waals surface area contributed by atoms with Crippen molar-refractivity contribution in [1.82, 2.24) is 4.90 Å². The lowest BCUT2D eigenvalue weighted by molar-refractivity contribution is -0.305. The summed E-state index contributed by atoms with van der Waals surface area (Å²) in [6.07, 6.45) is 0.898. The average Bonchev–Trinajstić information content (AvgIpc) is 2.88. The lowest BCUT2D eigenvalue weighted by Gasteiger charge is -2.04. The molecule has 0 amide bonds. The number of nitrogens with zero attached hydrogens (tertiary/aromatic N) is 1. The molecular weight excluding hydrogens is 190 g/mol. The molecule has 2 rings (SSSR count). The summed E-state index contributed by atoms with van der Waals surface area (Å²) in [5.74, 6) is -0.949. The van der Waals surface area contributed by atoms with Crippen molar-refractivity contribution in [2.45, 2.75) is 25.4 Å². The first-order valence-corrected chi connectivity index (χ1v) is 5.20. The molecule has 1 saturated heterocycles. The number of carbonyl (C=O) groups is 1. The zero-order valence-electron chi connectivity index (χ0n) is 8.72. The van der Waals surface area contributed by atoms with Crippen LogP contribution < -0.4 is 5.11 Å². The summed E-state index contributed by atoms with van der Waals surface area (Å²) in [6.45, 7) is 2.72. The van der Waals surface area contributed by atoms with E-state index in [0.717, 1.165) is 13.0 Å². The Bertz CT molecular complexity index is 350. The summed E-state index contributed by atoms with van der Waals surface area (Å²) >= 11 is 0. The number of carboxylic acid groups (broad SMARTS) is 1. The van der Waals surface area contributed by atoms with E-state index in [0.29, 0.717) is 0 Å². The van der Waals surface area contributed by atoms with Gasteiger partial charge < -0.3 is 9.90 Å². The number of carbonyl (C=O) groups excluding carboxylic acids is 1. The van der Waals surface area contributed by atoms with Crippen LogP contribution >= 0.6 is 0 Å². The molecule has 80 valence electrons. The Hall–Kier alpha value is -1.35. The zero-order chi connectivity index (χ0) is 10.8. The molecule has 0 spiro atoms. The second kappa shape index (κ2) is 4.03. The lowest BCUT2D eigenvalue weighted by Crippen LogP contribution is -2.31. The van der Waals surface area contributed by atoms with Crippen LogP contribution in [0.1, 0.15) is 12.5 Å². The van der Waals surface area contributed by atoms with Crippen molar-refractivity contribution in [3.05, 3.63) is 35.9 Å². The number of aliphatic carboxylic acids is 1. The normalized spacial score (nSPS) is 28.7. The minimum absolute atomic E-state index is 0.138. The molecule has 3 nitrogen and oxygen atoms in total. The minimum atomic E-state index is -0.949. The molecule has 1 aliphatic rings. The highest BCUT2D eigenvalue weighted by molar-refractivity contribution is 5.75. The van der Waals surface area contributed by atoms with Crippen LogP contribution in [-0.4, -0.2) is 29.5 Å². The first kappa shape index (κ1) is 10.2. The Labute approximate surface area is 89.3 Å². The Morgan fingerprint density at radius 2 is 2.07 bits per heavy atom. The van der Waals surface area contributed by atoms with Gasteiger partial charge in [-0.2, -0.15) is 0 Å². The van der Waals surface area contributed by atoms with Gasteiger partial charge in [0.05, 0.1) is 12.0 Å². The summed E-state index contributed by atoms with van der Waals surface area (Å²) in [5.41, 5.74) is 1.24. The van der Waals surface area contributed by atoms with Crippen molar-refractivity contribution in [3.8, 4) is 0 Å². The third-order valence-corrected chi connectivity index (χ3v) is 2.99. The van der Waals surface area contributed by atoms with Crippen molar-refractivity contribution < 1.29 is 9.90 Å². The van der Waals surface area contributed by atoms with Crippen LogP contribution in [-0.2, 0) is 11.2 Å². The van der Waals surface area contributed by atoms with Crippen LogP contribution in [0.15, 0.2) is 30.3 Å². The summed E-state index contributed by atoms with van der Waals surface area (Å²) in [5, 5.41) is 10.6. The third-order valence-electron chi connectivity index (χ3n) is 2.99. The van der Waals surface area contributed by atoms with E-state index in [2.05, 4.69) is 12.1 Å². The van der Waals surface area contributed by atoms with Gasteiger partial charge in [-0.3, -0.25) is 4.90 Å². The molecule has 1 aromatic rings. The molecule has 0 saturated carbocycles. The van der Waals surface area contributed by atoms with Gasteiger partial charge in [0.15, 0.2) is 0 Å². The second-order valence-electron chi connectivity index (χ2n) is 3.98. The molecule has 0 bridgehead atoms. The quantitative estimate of drug-likeness (QED) is 0.651. The molecule has 0 radical (unpaired) electrons. The van der Waals surface area contributed by atoms with Gasteiger partial charge in [-0.25, -0.2) is 0 Å². The molecule has 3 heteroatoms. The molecule has 1 heterocycles. The van der Waals surface area contributed by atoms with Gasteiger partial charge in [-0.05, 0) is 18.9 Å². The van der Waals surface area contributed by atoms with Gasteiger partial charge in [0.2, 0.25) is 0 Å². The largest absolute Gasteiger partial charge is 0.548 e. The van der Waals surface area contributed by atoms with Gasteiger partial charge in [0.1, 0.15) is 0 Å². The zero-order valence-corrected chi connectivity index (χ0v) is 8.72. The van der Waals surface area contributed by atoms with Crippen molar-refractivity contribution in [2.75, 3.05) is 6.54 Å². The van der Waals surface area contributed by atoms with E-state index in [1.54, 1.807) is 0 Å². The molecule has 0 aliphatic carbocycles. The Balaban J connectivity index is 1.83. The highest BCUT2D eigenvalue weighted by Crippen LogP contribution is 2.27. The lowest BCUT2D eigenvalue weighted by atomic mass is 10.1. The van der Waals surface area contributed by atoms with E-state index in [1.807, 2.05) is 30.0 Å². The number of hydrogen-bond acceptors (Lipinski definition) is 3. The second-order valence-corrected chi connectivity index (χ2v) is 3.98. The molecule has 0 aromatic heterocycles.